The molecule has 0 spiro atoms. The van der Waals surface area contributed by atoms with Crippen molar-refractivity contribution in [2.45, 2.75) is 31.4 Å². The summed E-state index contributed by atoms with van der Waals surface area (Å²) in [6.45, 7) is 1.55. The Labute approximate surface area is 89.0 Å². The van der Waals surface area contributed by atoms with Gasteiger partial charge in [-0.2, -0.15) is 0 Å². The highest BCUT2D eigenvalue weighted by Gasteiger charge is 2.28. The van der Waals surface area contributed by atoms with E-state index >= 15 is 0 Å². The first-order chi connectivity index (χ1) is 7.44. The highest BCUT2D eigenvalue weighted by atomic mass is 16.4. The number of aliphatic carboxylic acids is 1. The molecule has 0 saturated heterocycles. The van der Waals surface area contributed by atoms with E-state index in [0.29, 0.717) is 5.76 Å². The van der Waals surface area contributed by atoms with Crippen LogP contribution in [0.25, 0.3) is 1.43 Å². The van der Waals surface area contributed by atoms with E-state index in [1.165, 1.54) is 6.26 Å². The number of carboxylic acids is 1. The van der Waals surface area contributed by atoms with Gasteiger partial charge in [0.25, 0.3) is 1.43 Å². The molecule has 84 valence electrons. The molecule has 4 N–H and O–H groups in total. The molecule has 0 radical (unpaired) electrons. The Kier molecular flexibility index (Phi) is 3.03. The molecule has 0 aromatic carbocycles. The van der Waals surface area contributed by atoms with Gasteiger partial charge in [-0.15, -0.1) is 0 Å². The topological polar surface area (TPSA) is 96.7 Å². The molecule has 1 rings (SSSR count). The lowest BCUT2D eigenvalue weighted by molar-refractivity contribution is -0.140. The minimum atomic E-state index is -1.18. The zero-order chi connectivity index (χ0) is 12.2. The van der Waals surface area contributed by atoms with Crippen LogP contribution < -0.4 is 5.73 Å². The monoisotopic (exact) mass is 214 g/mol. The number of aliphatic hydroxyl groups is 1. The van der Waals surface area contributed by atoms with Crippen molar-refractivity contribution < 1.29 is 19.4 Å². The summed E-state index contributed by atoms with van der Waals surface area (Å²) in [6.07, 6.45) is 1.76. The van der Waals surface area contributed by atoms with Gasteiger partial charge in [-0.25, -0.2) is 0 Å². The minimum Gasteiger partial charge on any atom is -0.480 e. The van der Waals surface area contributed by atoms with Gasteiger partial charge >= 0.3 is 5.97 Å². The predicted molar refractivity (Wildman–Crippen MR) is 53.3 cm³/mol. The summed E-state index contributed by atoms with van der Waals surface area (Å²) in [4.78, 5) is 10.9. The van der Waals surface area contributed by atoms with Gasteiger partial charge < -0.3 is 20.4 Å². The number of carbonyl (C=O) groups is 1. The van der Waals surface area contributed by atoms with Crippen LogP contribution in [-0.4, -0.2) is 27.8 Å². The summed E-state index contributed by atoms with van der Waals surface area (Å²) in [7, 11) is 0. The van der Waals surface area contributed by atoms with Gasteiger partial charge in [-0.05, 0) is 19.1 Å². The van der Waals surface area contributed by atoms with E-state index in [2.05, 4.69) is 5.11 Å². The van der Waals surface area contributed by atoms with Crippen LogP contribution in [0.15, 0.2) is 22.8 Å². The van der Waals surface area contributed by atoms with Crippen LogP contribution in [0.2, 0.25) is 0 Å². The van der Waals surface area contributed by atoms with E-state index in [0.717, 1.165) is 0 Å². The zero-order valence-electron chi connectivity index (χ0n) is 9.47. The van der Waals surface area contributed by atoms with E-state index in [1.54, 1.807) is 19.1 Å². The van der Waals surface area contributed by atoms with E-state index in [9.17, 15) is 9.90 Å². The van der Waals surface area contributed by atoms with Crippen molar-refractivity contribution in [2.24, 2.45) is 5.73 Å². The molecular weight excluding hydrogens is 198 g/mol. The maximum absolute atomic E-state index is 10.9. The van der Waals surface area contributed by atoms with E-state index in [-0.39, 0.29) is 12.8 Å². The lowest BCUT2D eigenvalue weighted by atomic mass is 9.93. The molecular formula is C10H15NO4. The molecule has 1 aromatic heterocycles. The number of hydrogen-bond acceptors (Lipinski definition) is 5. The number of carboxylic acid groups (broad SMARTS) is 1. The molecule has 15 heavy (non-hydrogen) atoms. The Morgan fingerprint density at radius 3 is 3.13 bits per heavy atom. The van der Waals surface area contributed by atoms with Gasteiger partial charge in [0.2, 0.25) is 0 Å². The Hall–Kier alpha value is -1.33. The fraction of sp³-hybridized carbons (Fsp3) is 0.500. The summed E-state index contributed by atoms with van der Waals surface area (Å²) >= 11 is 0. The molecule has 0 aliphatic heterocycles. The number of rotatable bonds is 5. The average molecular weight is 214 g/mol. The summed E-state index contributed by atoms with van der Waals surface area (Å²) in [5.41, 5.74) is 4.28. The van der Waals surface area contributed by atoms with Crippen molar-refractivity contribution >= 4 is 5.97 Å². The Morgan fingerprint density at radius 1 is 1.87 bits per heavy atom. The van der Waals surface area contributed by atoms with Gasteiger partial charge in [0, 0.05) is 12.8 Å². The van der Waals surface area contributed by atoms with Gasteiger partial charge in [-0.1, -0.05) is 0 Å². The SMILES string of the molecule is [2H]OC(=O)[C@@H](N)C[C@](C)(O)Cc1ccco1. The van der Waals surface area contributed by atoms with Crippen LogP contribution in [0.5, 0.6) is 0 Å². The van der Waals surface area contributed by atoms with Crippen molar-refractivity contribution in [2.75, 3.05) is 0 Å². The van der Waals surface area contributed by atoms with Crippen LogP contribution in [0, 0.1) is 0 Å². The smallest absolute Gasteiger partial charge is 0.320 e. The van der Waals surface area contributed by atoms with Crippen molar-refractivity contribution in [1.29, 1.82) is 1.43 Å². The first kappa shape index (κ1) is 10.2. The molecule has 0 aliphatic carbocycles. The Balaban J connectivity index is 2.54. The largest absolute Gasteiger partial charge is 0.480 e. The molecule has 0 unspecified atom stereocenters. The third-order valence-corrected chi connectivity index (χ3v) is 2.10. The summed E-state index contributed by atoms with van der Waals surface area (Å²) < 4.78 is 11.5. The molecule has 0 saturated carbocycles. The van der Waals surface area contributed by atoms with E-state index in [1.807, 2.05) is 0 Å². The van der Waals surface area contributed by atoms with Crippen LogP contribution in [0.4, 0.5) is 0 Å². The van der Waals surface area contributed by atoms with Gasteiger partial charge in [-0.3, -0.25) is 4.79 Å². The Bertz CT molecular complexity index is 337. The minimum absolute atomic E-state index is 0.00537. The summed E-state index contributed by atoms with van der Waals surface area (Å²) in [5, 5.41) is 13.7. The zero-order valence-corrected chi connectivity index (χ0v) is 8.47. The first-order valence-electron chi connectivity index (χ1n) is 5.03. The van der Waals surface area contributed by atoms with Crippen molar-refractivity contribution in [3.8, 4) is 0 Å². The fourth-order valence-corrected chi connectivity index (χ4v) is 1.42. The standard InChI is InChI=1S/C10H15NO4/c1-10(14,6-8(11)9(12)13)5-7-3-2-4-15-7/h2-4,8,14H,5-6,11H2,1H3,(H,12,13)/t8-,10+/m0/s1/i/hD. The number of hydrogen-bond donors (Lipinski definition) is 3. The second kappa shape index (κ2) is 4.46. The third kappa shape index (κ3) is 3.73. The molecule has 5 nitrogen and oxygen atoms in total. The molecule has 5 heteroatoms. The molecule has 2 atom stereocenters. The lowest BCUT2D eigenvalue weighted by Gasteiger charge is -2.23. The van der Waals surface area contributed by atoms with Gasteiger partial charge in [0.05, 0.1) is 11.9 Å². The van der Waals surface area contributed by atoms with Crippen LogP contribution >= 0.6 is 0 Å². The van der Waals surface area contributed by atoms with E-state index < -0.39 is 17.6 Å². The van der Waals surface area contributed by atoms with Crippen molar-refractivity contribution in [3.05, 3.63) is 24.2 Å². The quantitative estimate of drug-likeness (QED) is 0.658. The van der Waals surface area contributed by atoms with E-state index in [4.69, 9.17) is 11.6 Å². The molecule has 1 aromatic rings. The molecule has 0 fully saturated rings. The number of nitrogens with two attached hydrogens (primary N) is 1. The first-order valence-corrected chi connectivity index (χ1v) is 4.62. The van der Waals surface area contributed by atoms with Gasteiger partial charge in [0.15, 0.2) is 0 Å². The average Bonchev–Trinajstić information content (AvgIpc) is 2.67. The normalized spacial score (nSPS) is 17.7. The lowest BCUT2D eigenvalue weighted by Crippen LogP contribution is -2.40. The summed E-state index contributed by atoms with van der Waals surface area (Å²) in [6, 6.07) is 2.43. The predicted octanol–water partition coefficient (Wildman–Crippen LogP) is 0.375. The Morgan fingerprint density at radius 2 is 2.60 bits per heavy atom. The molecule has 0 amide bonds. The molecule has 0 aliphatic rings. The third-order valence-electron chi connectivity index (χ3n) is 2.10. The van der Waals surface area contributed by atoms with Gasteiger partial charge in [0.1, 0.15) is 11.8 Å². The van der Waals surface area contributed by atoms with Crippen LogP contribution in [-0.2, 0) is 11.2 Å². The van der Waals surface area contributed by atoms with Crippen molar-refractivity contribution in [3.63, 3.8) is 0 Å². The molecule has 1 heterocycles. The second-order valence-electron chi connectivity index (χ2n) is 3.88. The fourth-order valence-electron chi connectivity index (χ4n) is 1.42. The van der Waals surface area contributed by atoms with Crippen molar-refractivity contribution in [1.82, 2.24) is 0 Å². The summed E-state index contributed by atoms with van der Waals surface area (Å²) in [5.74, 6) is -0.254. The van der Waals surface area contributed by atoms with Crippen LogP contribution in [0.3, 0.4) is 0 Å². The highest BCUT2D eigenvalue weighted by Crippen LogP contribution is 2.18. The highest BCUT2D eigenvalue weighted by molar-refractivity contribution is 5.73. The molecule has 0 bridgehead atoms. The van der Waals surface area contributed by atoms with Crippen LogP contribution in [0.1, 0.15) is 19.1 Å². The second-order valence-corrected chi connectivity index (χ2v) is 3.88. The maximum Gasteiger partial charge on any atom is 0.320 e. The maximum atomic E-state index is 10.9. The number of furan rings is 1.